The molecule has 1 N–H and O–H groups in total. The van der Waals surface area contributed by atoms with Gasteiger partial charge in [-0.05, 0) is 12.1 Å². The van der Waals surface area contributed by atoms with E-state index in [1.165, 1.54) is 18.5 Å². The van der Waals surface area contributed by atoms with Crippen molar-refractivity contribution < 1.29 is 17.9 Å². The van der Waals surface area contributed by atoms with Crippen molar-refractivity contribution in [3.05, 3.63) is 29.6 Å². The van der Waals surface area contributed by atoms with Crippen LogP contribution in [-0.2, 0) is 9.05 Å². The SMILES string of the molecule is O=S(=O)(Cl)c1cc(-c2ncco2)cc(Cl)c1O. The number of oxazole rings is 1. The second-order valence-electron chi connectivity index (χ2n) is 3.08. The van der Waals surface area contributed by atoms with Crippen LogP contribution in [0.2, 0.25) is 5.02 Å². The average Bonchev–Trinajstić information content (AvgIpc) is 2.73. The van der Waals surface area contributed by atoms with Crippen LogP contribution in [0.4, 0.5) is 0 Å². The molecule has 0 unspecified atom stereocenters. The van der Waals surface area contributed by atoms with Crippen LogP contribution in [0.15, 0.2) is 33.9 Å². The Morgan fingerprint density at radius 3 is 2.59 bits per heavy atom. The topological polar surface area (TPSA) is 80.4 Å². The average molecular weight is 294 g/mol. The highest BCUT2D eigenvalue weighted by molar-refractivity contribution is 8.13. The van der Waals surface area contributed by atoms with Crippen molar-refractivity contribution in [2.45, 2.75) is 4.90 Å². The van der Waals surface area contributed by atoms with Crippen LogP contribution in [-0.4, -0.2) is 18.5 Å². The van der Waals surface area contributed by atoms with Gasteiger partial charge in [-0.2, -0.15) is 0 Å². The molecule has 0 saturated heterocycles. The molecule has 0 aliphatic heterocycles. The van der Waals surface area contributed by atoms with Gasteiger partial charge in [0.05, 0.1) is 11.2 Å². The molecule has 5 nitrogen and oxygen atoms in total. The summed E-state index contributed by atoms with van der Waals surface area (Å²) in [5.74, 6) is -0.426. The molecule has 0 amide bonds. The van der Waals surface area contributed by atoms with Crippen LogP contribution < -0.4 is 0 Å². The molecule has 0 atom stereocenters. The van der Waals surface area contributed by atoms with Gasteiger partial charge in [0, 0.05) is 16.2 Å². The molecule has 2 aromatic rings. The van der Waals surface area contributed by atoms with E-state index in [-0.39, 0.29) is 10.9 Å². The van der Waals surface area contributed by atoms with Gasteiger partial charge in [-0.25, -0.2) is 13.4 Å². The van der Waals surface area contributed by atoms with Gasteiger partial charge in [0.15, 0.2) is 5.75 Å². The van der Waals surface area contributed by atoms with Crippen molar-refractivity contribution in [3.8, 4) is 17.2 Å². The molecule has 2 rings (SSSR count). The normalized spacial score (nSPS) is 11.6. The first-order valence-electron chi connectivity index (χ1n) is 4.26. The Morgan fingerprint density at radius 2 is 2.06 bits per heavy atom. The van der Waals surface area contributed by atoms with Crippen LogP contribution in [0.1, 0.15) is 0 Å². The van der Waals surface area contributed by atoms with E-state index >= 15 is 0 Å². The Hall–Kier alpha value is -1.24. The van der Waals surface area contributed by atoms with Crippen LogP contribution in [0, 0.1) is 0 Å². The number of phenols is 1. The summed E-state index contributed by atoms with van der Waals surface area (Å²) >= 11 is 5.70. The number of benzene rings is 1. The fourth-order valence-corrected chi connectivity index (χ4v) is 2.49. The zero-order valence-corrected chi connectivity index (χ0v) is 10.4. The van der Waals surface area contributed by atoms with Crippen LogP contribution in [0.5, 0.6) is 5.75 Å². The van der Waals surface area contributed by atoms with E-state index in [1.807, 2.05) is 0 Å². The molecule has 90 valence electrons. The Balaban J connectivity index is 2.71. The van der Waals surface area contributed by atoms with E-state index in [0.717, 1.165) is 6.07 Å². The summed E-state index contributed by atoms with van der Waals surface area (Å²) < 4.78 is 27.4. The number of hydrogen-bond donors (Lipinski definition) is 1. The van der Waals surface area contributed by atoms with Crippen molar-refractivity contribution in [3.63, 3.8) is 0 Å². The van der Waals surface area contributed by atoms with Gasteiger partial charge in [0.1, 0.15) is 11.2 Å². The predicted octanol–water partition coefficient (Wildman–Crippen LogP) is 2.63. The lowest BCUT2D eigenvalue weighted by molar-refractivity contribution is 0.460. The number of aromatic nitrogens is 1. The first-order valence-corrected chi connectivity index (χ1v) is 6.95. The molecule has 1 aromatic carbocycles. The summed E-state index contributed by atoms with van der Waals surface area (Å²) in [6, 6.07) is 2.46. The van der Waals surface area contributed by atoms with E-state index < -0.39 is 19.7 Å². The second-order valence-corrected chi connectivity index (χ2v) is 6.02. The highest BCUT2D eigenvalue weighted by atomic mass is 35.7. The predicted molar refractivity (Wildman–Crippen MR) is 61.7 cm³/mol. The number of rotatable bonds is 2. The summed E-state index contributed by atoms with van der Waals surface area (Å²) in [6.07, 6.45) is 2.72. The van der Waals surface area contributed by atoms with Gasteiger partial charge in [-0.3, -0.25) is 0 Å². The maximum absolute atomic E-state index is 11.2. The first kappa shape index (κ1) is 12.2. The first-order chi connectivity index (χ1) is 7.89. The van der Waals surface area contributed by atoms with Gasteiger partial charge >= 0.3 is 0 Å². The van der Waals surface area contributed by atoms with E-state index in [9.17, 15) is 13.5 Å². The number of phenolic OH excluding ortho intramolecular Hbond substituents is 1. The van der Waals surface area contributed by atoms with Crippen LogP contribution in [0.25, 0.3) is 11.5 Å². The molecule has 8 heteroatoms. The quantitative estimate of drug-likeness (QED) is 0.861. The van der Waals surface area contributed by atoms with Crippen LogP contribution in [0.3, 0.4) is 0 Å². The monoisotopic (exact) mass is 293 g/mol. The number of nitrogens with zero attached hydrogens (tertiary/aromatic N) is 1. The molecule has 1 heterocycles. The van der Waals surface area contributed by atoms with Crippen LogP contribution >= 0.6 is 22.3 Å². The number of halogens is 2. The third kappa shape index (κ3) is 2.38. The summed E-state index contributed by atoms with van der Waals surface area (Å²) in [6.45, 7) is 0. The Morgan fingerprint density at radius 1 is 1.35 bits per heavy atom. The Kier molecular flexibility index (Phi) is 3.03. The molecule has 0 spiro atoms. The zero-order valence-electron chi connectivity index (χ0n) is 8.09. The lowest BCUT2D eigenvalue weighted by Crippen LogP contribution is -1.93. The maximum Gasteiger partial charge on any atom is 0.265 e. The summed E-state index contributed by atoms with van der Waals surface area (Å²) in [5, 5.41) is 9.36. The van der Waals surface area contributed by atoms with Crippen molar-refractivity contribution in [1.29, 1.82) is 0 Å². The minimum absolute atomic E-state index is 0.153. The molecule has 0 aliphatic carbocycles. The molecule has 0 radical (unpaired) electrons. The zero-order chi connectivity index (χ0) is 12.6. The van der Waals surface area contributed by atoms with Gasteiger partial charge in [-0.15, -0.1) is 0 Å². The molecule has 0 bridgehead atoms. The summed E-state index contributed by atoms with van der Waals surface area (Å²) in [4.78, 5) is 3.35. The van der Waals surface area contributed by atoms with E-state index in [0.29, 0.717) is 5.56 Å². The fourth-order valence-electron chi connectivity index (χ4n) is 1.25. The minimum Gasteiger partial charge on any atom is -0.505 e. The van der Waals surface area contributed by atoms with Crippen molar-refractivity contribution in [2.24, 2.45) is 0 Å². The highest BCUT2D eigenvalue weighted by Crippen LogP contribution is 2.36. The molecular weight excluding hydrogens is 289 g/mol. The standard InChI is InChI=1S/C9H5Cl2NO4S/c10-6-3-5(9-12-1-2-16-9)4-7(8(6)13)17(11,14)15/h1-4,13H. The number of hydrogen-bond acceptors (Lipinski definition) is 5. The van der Waals surface area contributed by atoms with Gasteiger partial charge < -0.3 is 9.52 Å². The van der Waals surface area contributed by atoms with E-state index in [4.69, 9.17) is 26.7 Å². The number of aromatic hydroxyl groups is 1. The summed E-state index contributed by atoms with van der Waals surface area (Å²) in [7, 11) is 1.07. The van der Waals surface area contributed by atoms with Crippen molar-refractivity contribution in [2.75, 3.05) is 0 Å². The molecule has 0 saturated carbocycles. The maximum atomic E-state index is 11.2. The van der Waals surface area contributed by atoms with Gasteiger partial charge in [0.2, 0.25) is 5.89 Å². The highest BCUT2D eigenvalue weighted by Gasteiger charge is 2.20. The van der Waals surface area contributed by atoms with E-state index in [2.05, 4.69) is 4.98 Å². The van der Waals surface area contributed by atoms with Crippen molar-refractivity contribution in [1.82, 2.24) is 4.98 Å². The molecule has 1 aromatic heterocycles. The smallest absolute Gasteiger partial charge is 0.265 e. The fraction of sp³-hybridized carbons (Fsp3) is 0. The lowest BCUT2D eigenvalue weighted by atomic mass is 10.2. The lowest BCUT2D eigenvalue weighted by Gasteiger charge is -2.05. The Bertz CT molecular complexity index is 652. The third-order valence-electron chi connectivity index (χ3n) is 1.97. The Labute approximate surface area is 106 Å². The van der Waals surface area contributed by atoms with Gasteiger partial charge in [0.25, 0.3) is 9.05 Å². The molecular formula is C9H5Cl2NO4S. The minimum atomic E-state index is -4.10. The molecule has 0 fully saturated rings. The molecule has 17 heavy (non-hydrogen) atoms. The summed E-state index contributed by atoms with van der Waals surface area (Å²) in [5.41, 5.74) is 0.303. The van der Waals surface area contributed by atoms with E-state index in [1.54, 1.807) is 0 Å². The van der Waals surface area contributed by atoms with Gasteiger partial charge in [-0.1, -0.05) is 11.6 Å². The molecule has 0 aliphatic rings. The largest absolute Gasteiger partial charge is 0.505 e. The second kappa shape index (κ2) is 4.21. The third-order valence-corrected chi connectivity index (χ3v) is 3.59. The van der Waals surface area contributed by atoms with Crippen molar-refractivity contribution >= 4 is 31.3 Å².